The molecule has 0 aliphatic rings. The Kier molecular flexibility index (Phi) is 3.90. The minimum absolute atomic E-state index is 0.0504. The largest absolute Gasteiger partial charge is 0.495 e. The number of carboxylic acid groups (broad SMARTS) is 1. The van der Waals surface area contributed by atoms with Gasteiger partial charge in [0.15, 0.2) is 0 Å². The molecular weight excluding hydrogens is 206 g/mol. The van der Waals surface area contributed by atoms with Crippen LogP contribution in [0.1, 0.15) is 23.6 Å². The zero-order valence-electron chi connectivity index (χ0n) is 9.28. The van der Waals surface area contributed by atoms with Gasteiger partial charge >= 0.3 is 5.97 Å². The molecule has 0 aliphatic carbocycles. The second-order valence-electron chi connectivity index (χ2n) is 3.32. The number of carboxylic acids is 1. The van der Waals surface area contributed by atoms with Crippen LogP contribution in [0, 0.1) is 11.3 Å². The highest BCUT2D eigenvalue weighted by Crippen LogP contribution is 2.27. The van der Waals surface area contributed by atoms with Crippen LogP contribution in [-0.2, 0) is 17.6 Å². The zero-order valence-corrected chi connectivity index (χ0v) is 9.28. The first kappa shape index (κ1) is 12.1. The first-order valence-corrected chi connectivity index (χ1v) is 4.94. The molecule has 0 radical (unpaired) electrons. The third-order valence-corrected chi connectivity index (χ3v) is 2.38. The maximum absolute atomic E-state index is 10.7. The highest BCUT2D eigenvalue weighted by atomic mass is 16.5. The van der Waals surface area contributed by atoms with E-state index in [-0.39, 0.29) is 6.42 Å². The molecule has 0 fully saturated rings. The molecule has 84 valence electrons. The highest BCUT2D eigenvalue weighted by Gasteiger charge is 2.14. The Morgan fingerprint density at radius 2 is 2.25 bits per heavy atom. The van der Waals surface area contributed by atoms with E-state index in [1.165, 1.54) is 7.11 Å². The van der Waals surface area contributed by atoms with Crippen molar-refractivity contribution in [2.45, 2.75) is 19.8 Å². The number of hydrogen-bond acceptors (Lipinski definition) is 3. The van der Waals surface area contributed by atoms with E-state index in [1.54, 1.807) is 12.1 Å². The lowest BCUT2D eigenvalue weighted by molar-refractivity contribution is -0.136. The van der Waals surface area contributed by atoms with Crippen LogP contribution in [-0.4, -0.2) is 18.2 Å². The number of nitrogens with zero attached hydrogens (tertiary/aromatic N) is 1. The van der Waals surface area contributed by atoms with Gasteiger partial charge in [-0.1, -0.05) is 13.0 Å². The number of methoxy groups -OCH3 is 1. The quantitative estimate of drug-likeness (QED) is 0.837. The summed E-state index contributed by atoms with van der Waals surface area (Å²) in [6, 6.07) is 5.30. The number of carbonyl (C=O) groups is 1. The van der Waals surface area contributed by atoms with Crippen molar-refractivity contribution in [3.63, 3.8) is 0 Å². The molecule has 1 N–H and O–H groups in total. The topological polar surface area (TPSA) is 70.3 Å². The minimum Gasteiger partial charge on any atom is -0.495 e. The van der Waals surface area contributed by atoms with Gasteiger partial charge < -0.3 is 9.84 Å². The number of ether oxygens (including phenoxy) is 1. The molecule has 0 amide bonds. The van der Waals surface area contributed by atoms with Crippen LogP contribution in [0.4, 0.5) is 0 Å². The molecule has 4 heteroatoms. The molecule has 4 nitrogen and oxygen atoms in total. The average Bonchev–Trinajstić information content (AvgIpc) is 2.27. The predicted octanol–water partition coefficient (Wildman–Crippen LogP) is 1.76. The Balaban J connectivity index is 3.32. The normalized spacial score (nSPS) is 9.56. The first-order chi connectivity index (χ1) is 7.63. The fourth-order valence-corrected chi connectivity index (χ4v) is 1.71. The van der Waals surface area contributed by atoms with Gasteiger partial charge in [0.25, 0.3) is 0 Å². The maximum Gasteiger partial charge on any atom is 0.307 e. The maximum atomic E-state index is 10.7. The van der Waals surface area contributed by atoms with Gasteiger partial charge in [0.1, 0.15) is 11.8 Å². The third kappa shape index (κ3) is 2.31. The third-order valence-electron chi connectivity index (χ3n) is 2.38. The van der Waals surface area contributed by atoms with E-state index in [4.69, 9.17) is 15.1 Å². The molecule has 0 bridgehead atoms. The van der Waals surface area contributed by atoms with Crippen molar-refractivity contribution < 1.29 is 14.6 Å². The Bertz CT molecular complexity index is 446. The van der Waals surface area contributed by atoms with Gasteiger partial charge in [-0.05, 0) is 23.6 Å². The van der Waals surface area contributed by atoms with E-state index in [9.17, 15) is 4.79 Å². The van der Waals surface area contributed by atoms with Crippen molar-refractivity contribution in [3.8, 4) is 11.8 Å². The van der Waals surface area contributed by atoms with Gasteiger partial charge in [-0.25, -0.2) is 0 Å². The van der Waals surface area contributed by atoms with Crippen molar-refractivity contribution >= 4 is 5.97 Å². The Morgan fingerprint density at radius 1 is 1.56 bits per heavy atom. The average molecular weight is 219 g/mol. The summed E-state index contributed by atoms with van der Waals surface area (Å²) in [5, 5.41) is 17.7. The van der Waals surface area contributed by atoms with Crippen LogP contribution in [0.25, 0.3) is 0 Å². The van der Waals surface area contributed by atoms with Crippen molar-refractivity contribution in [3.05, 3.63) is 28.8 Å². The summed E-state index contributed by atoms with van der Waals surface area (Å²) in [6.45, 7) is 1.91. The van der Waals surface area contributed by atoms with Crippen molar-refractivity contribution in [1.82, 2.24) is 0 Å². The molecule has 0 heterocycles. The molecule has 0 unspecified atom stereocenters. The molecular formula is C12H13NO3. The fourth-order valence-electron chi connectivity index (χ4n) is 1.71. The van der Waals surface area contributed by atoms with Crippen molar-refractivity contribution in [1.29, 1.82) is 5.26 Å². The number of rotatable bonds is 4. The summed E-state index contributed by atoms with van der Waals surface area (Å²) in [5.41, 5.74) is 1.93. The predicted molar refractivity (Wildman–Crippen MR) is 58.4 cm³/mol. The van der Waals surface area contributed by atoms with Crippen molar-refractivity contribution in [2.24, 2.45) is 0 Å². The molecule has 0 saturated carbocycles. The van der Waals surface area contributed by atoms with Gasteiger partial charge in [0.05, 0.1) is 19.1 Å². The van der Waals surface area contributed by atoms with Crippen LogP contribution in [0.2, 0.25) is 0 Å². The summed E-state index contributed by atoms with van der Waals surface area (Å²) in [4.78, 5) is 10.7. The molecule has 1 aromatic rings. The van der Waals surface area contributed by atoms with E-state index < -0.39 is 5.97 Å². The molecule has 0 atom stereocenters. The fraction of sp³-hybridized carbons (Fsp3) is 0.333. The van der Waals surface area contributed by atoms with Crippen LogP contribution in [0.5, 0.6) is 5.75 Å². The molecule has 0 aliphatic heterocycles. The van der Waals surface area contributed by atoms with Gasteiger partial charge in [0, 0.05) is 0 Å². The molecule has 0 spiro atoms. The van der Waals surface area contributed by atoms with Gasteiger partial charge in [-0.2, -0.15) is 5.26 Å². The summed E-state index contributed by atoms with van der Waals surface area (Å²) in [5.74, 6) is -0.398. The van der Waals surface area contributed by atoms with E-state index in [0.29, 0.717) is 23.3 Å². The number of benzene rings is 1. The van der Waals surface area contributed by atoms with Crippen LogP contribution in [0.15, 0.2) is 12.1 Å². The van der Waals surface area contributed by atoms with E-state index in [2.05, 4.69) is 0 Å². The smallest absolute Gasteiger partial charge is 0.307 e. The van der Waals surface area contributed by atoms with Gasteiger partial charge in [0.2, 0.25) is 0 Å². The van der Waals surface area contributed by atoms with Crippen molar-refractivity contribution in [2.75, 3.05) is 7.11 Å². The molecule has 0 saturated heterocycles. The Labute approximate surface area is 94.1 Å². The molecule has 16 heavy (non-hydrogen) atoms. The van der Waals surface area contributed by atoms with E-state index in [0.717, 1.165) is 5.56 Å². The van der Waals surface area contributed by atoms with E-state index >= 15 is 0 Å². The standard InChI is InChI=1S/C12H13NO3/c1-3-10-8(6-11(14)15)4-5-9(7-13)12(10)16-2/h4-5H,3,6H2,1-2H3,(H,14,15). The highest BCUT2D eigenvalue weighted by molar-refractivity contribution is 5.71. The summed E-state index contributed by atoms with van der Waals surface area (Å²) in [7, 11) is 1.49. The van der Waals surface area contributed by atoms with Gasteiger partial charge in [-0.3, -0.25) is 4.79 Å². The first-order valence-electron chi connectivity index (χ1n) is 4.94. The number of aliphatic carboxylic acids is 1. The lowest BCUT2D eigenvalue weighted by atomic mass is 9.98. The Morgan fingerprint density at radius 3 is 2.69 bits per heavy atom. The summed E-state index contributed by atoms with van der Waals surface area (Å²) in [6.07, 6.45) is 0.590. The lowest BCUT2D eigenvalue weighted by Gasteiger charge is -2.12. The molecule has 0 aromatic heterocycles. The van der Waals surface area contributed by atoms with Crippen LogP contribution < -0.4 is 4.74 Å². The molecule has 1 rings (SSSR count). The SMILES string of the molecule is CCc1c(CC(=O)O)ccc(C#N)c1OC. The van der Waals surface area contributed by atoms with Crippen LogP contribution >= 0.6 is 0 Å². The monoisotopic (exact) mass is 219 g/mol. The molecule has 1 aromatic carbocycles. The lowest BCUT2D eigenvalue weighted by Crippen LogP contribution is -2.05. The Hall–Kier alpha value is -2.02. The summed E-state index contributed by atoms with van der Waals surface area (Å²) < 4.78 is 5.17. The van der Waals surface area contributed by atoms with E-state index in [1.807, 2.05) is 13.0 Å². The second-order valence-corrected chi connectivity index (χ2v) is 3.32. The number of hydrogen-bond donors (Lipinski definition) is 1. The number of nitriles is 1. The van der Waals surface area contributed by atoms with Crippen LogP contribution in [0.3, 0.4) is 0 Å². The summed E-state index contributed by atoms with van der Waals surface area (Å²) >= 11 is 0. The second kappa shape index (κ2) is 5.17. The zero-order chi connectivity index (χ0) is 12.1. The minimum atomic E-state index is -0.888. The van der Waals surface area contributed by atoms with Gasteiger partial charge in [-0.15, -0.1) is 0 Å².